The maximum absolute atomic E-state index is 14.8. The average molecular weight is 488 g/mol. The molecule has 0 radical (unpaired) electrons. The normalized spacial score (nSPS) is 11.3. The van der Waals surface area contributed by atoms with Crippen molar-refractivity contribution in [1.82, 2.24) is 0 Å². The second-order valence-corrected chi connectivity index (χ2v) is 9.09. The molecule has 0 aliphatic rings. The summed E-state index contributed by atoms with van der Waals surface area (Å²) < 4.78 is 164. The molecule has 0 spiro atoms. The highest BCUT2D eigenvalue weighted by Gasteiger charge is 2.44. The van der Waals surface area contributed by atoms with Crippen LogP contribution in [-0.4, -0.2) is 14.1 Å². The molecule has 3 rings (SSSR count). The topological polar surface area (TPSA) is 0 Å². The first-order valence-electron chi connectivity index (χ1n) is 8.29. The van der Waals surface area contributed by atoms with Crippen LogP contribution in [0.1, 0.15) is 5.56 Å². The van der Waals surface area contributed by atoms with E-state index in [0.29, 0.717) is 6.92 Å². The van der Waals surface area contributed by atoms with Crippen LogP contribution in [0.5, 0.6) is 0 Å². The lowest BCUT2D eigenvalue weighted by Crippen LogP contribution is -2.60. The first-order valence-corrected chi connectivity index (χ1v) is 10.0. The van der Waals surface area contributed by atoms with Gasteiger partial charge < -0.3 is 0 Å². The molecule has 13 heteroatoms. The standard InChI is InChI=1S/C7H3F4.2C6HF4.Al/c1-3-4(8)2-5(9)7(11)6(3)10;2*7-3-1-4(8)6(10)2-5(3)9;/h1H3;2*1H;. The van der Waals surface area contributed by atoms with Crippen molar-refractivity contribution < 1.29 is 52.7 Å². The summed E-state index contributed by atoms with van der Waals surface area (Å²) in [5.74, 6) is -27.7. The first kappa shape index (κ1) is 24.0. The maximum Gasteiger partial charge on any atom is 0.412 e. The van der Waals surface area contributed by atoms with Gasteiger partial charge in [-0.2, -0.15) is 0 Å². The fourth-order valence-electron chi connectivity index (χ4n) is 3.15. The number of halogens is 12. The Morgan fingerprint density at radius 3 is 1.06 bits per heavy atom. The van der Waals surface area contributed by atoms with Crippen molar-refractivity contribution in [1.29, 1.82) is 0 Å². The molecule has 0 N–H and O–H groups in total. The lowest BCUT2D eigenvalue weighted by molar-refractivity contribution is 0.434. The van der Waals surface area contributed by atoms with Gasteiger partial charge in [-0.15, -0.1) is 0 Å². The molecule has 0 saturated carbocycles. The molecule has 0 aliphatic heterocycles. The molecule has 0 nitrogen and oxygen atoms in total. The minimum Gasteiger partial charge on any atom is -0.208 e. The molecule has 32 heavy (non-hydrogen) atoms. The van der Waals surface area contributed by atoms with Crippen molar-refractivity contribution in [3.8, 4) is 0 Å². The molecule has 0 fully saturated rings. The molecule has 0 bridgehead atoms. The number of hydrogen-bond donors (Lipinski definition) is 0. The second-order valence-electron chi connectivity index (χ2n) is 6.49. The van der Waals surface area contributed by atoms with Crippen molar-refractivity contribution >= 4 is 27.4 Å². The summed E-state index contributed by atoms with van der Waals surface area (Å²) in [5, 5.41) is 0. The molecule has 3 aromatic rings. The summed E-state index contributed by atoms with van der Waals surface area (Å²) in [6, 6.07) is -0.719. The summed E-state index contributed by atoms with van der Waals surface area (Å²) in [5.41, 5.74) is -1.34. The van der Waals surface area contributed by atoms with Gasteiger partial charge in [0, 0.05) is 17.7 Å². The van der Waals surface area contributed by atoms with E-state index in [2.05, 4.69) is 0 Å². The van der Waals surface area contributed by atoms with Crippen LogP contribution in [0.25, 0.3) is 0 Å². The third kappa shape index (κ3) is 3.53. The van der Waals surface area contributed by atoms with Crippen molar-refractivity contribution in [2.45, 2.75) is 6.92 Å². The number of benzene rings is 3. The van der Waals surface area contributed by atoms with E-state index >= 15 is 0 Å². The second kappa shape index (κ2) is 8.37. The first-order chi connectivity index (χ1) is 14.8. The van der Waals surface area contributed by atoms with Crippen molar-refractivity contribution in [2.75, 3.05) is 0 Å². The van der Waals surface area contributed by atoms with E-state index in [-0.39, 0.29) is 12.1 Å². The van der Waals surface area contributed by atoms with Gasteiger partial charge in [0.05, 0.1) is 0 Å². The largest absolute Gasteiger partial charge is 0.412 e. The van der Waals surface area contributed by atoms with Gasteiger partial charge in [0.1, 0.15) is 29.1 Å². The van der Waals surface area contributed by atoms with Crippen LogP contribution < -0.4 is 13.3 Å². The van der Waals surface area contributed by atoms with Crippen molar-refractivity contribution in [3.05, 3.63) is 87.5 Å². The quantitative estimate of drug-likeness (QED) is 0.225. The zero-order valence-electron chi connectivity index (χ0n) is 15.3. The smallest absolute Gasteiger partial charge is 0.208 e. The highest BCUT2D eigenvalue weighted by Crippen LogP contribution is 2.21. The van der Waals surface area contributed by atoms with Crippen molar-refractivity contribution in [3.63, 3.8) is 0 Å². The Morgan fingerprint density at radius 1 is 0.406 bits per heavy atom. The predicted octanol–water partition coefficient (Wildman–Crippen LogP) is 4.18. The summed E-state index contributed by atoms with van der Waals surface area (Å²) >= 11 is -5.35. The Bertz CT molecular complexity index is 1130. The van der Waals surface area contributed by atoms with Gasteiger partial charge in [-0.05, 0) is 20.2 Å². The third-order valence-electron chi connectivity index (χ3n) is 4.67. The van der Waals surface area contributed by atoms with Gasteiger partial charge in [-0.25, -0.2) is 52.7 Å². The SMILES string of the molecule is Cc1c(F)c(F)c(F)[c]([Al]([c]2c(F)c(F)cc(F)c2F)[c]2c(F)c(F)cc(F)c2F)c1F. The average Bonchev–Trinajstić information content (AvgIpc) is 2.73. The van der Waals surface area contributed by atoms with E-state index in [0.717, 1.165) is 0 Å². The van der Waals surface area contributed by atoms with Gasteiger partial charge in [-0.1, -0.05) is 0 Å². The number of rotatable bonds is 3. The minimum absolute atomic E-state index is 0.359. The molecule has 0 atom stereocenters. The van der Waals surface area contributed by atoms with E-state index in [1.165, 1.54) is 0 Å². The maximum atomic E-state index is 14.8. The van der Waals surface area contributed by atoms with Gasteiger partial charge in [0.2, 0.25) is 0 Å². The highest BCUT2D eigenvalue weighted by atomic mass is 27.2. The molecular formula is C19H5AlF12. The minimum atomic E-state index is -5.35. The van der Waals surface area contributed by atoms with E-state index in [1.54, 1.807) is 0 Å². The Kier molecular flexibility index (Phi) is 6.28. The van der Waals surface area contributed by atoms with Gasteiger partial charge in [0.15, 0.2) is 40.7 Å². The molecule has 0 saturated heterocycles. The molecule has 168 valence electrons. The molecule has 0 aliphatic carbocycles. The molecule has 0 aromatic heterocycles. The summed E-state index contributed by atoms with van der Waals surface area (Å²) in [6.45, 7) is 0.500. The Morgan fingerprint density at radius 2 is 0.719 bits per heavy atom. The predicted molar refractivity (Wildman–Crippen MR) is 88.2 cm³/mol. The van der Waals surface area contributed by atoms with E-state index in [1.807, 2.05) is 0 Å². The van der Waals surface area contributed by atoms with E-state index in [9.17, 15) is 52.7 Å². The molecular weight excluding hydrogens is 483 g/mol. The third-order valence-corrected chi connectivity index (χ3v) is 7.93. The lowest BCUT2D eigenvalue weighted by Gasteiger charge is -2.20. The Labute approximate surface area is 175 Å². The van der Waals surface area contributed by atoms with E-state index in [4.69, 9.17) is 0 Å². The molecule has 0 unspecified atom stereocenters. The van der Waals surface area contributed by atoms with Crippen LogP contribution in [0.3, 0.4) is 0 Å². The molecule has 3 aromatic carbocycles. The number of hydrogen-bond acceptors (Lipinski definition) is 0. The summed E-state index contributed by atoms with van der Waals surface area (Å²) in [7, 11) is 0. The summed E-state index contributed by atoms with van der Waals surface area (Å²) in [4.78, 5) is 0. The summed E-state index contributed by atoms with van der Waals surface area (Å²) in [6.07, 6.45) is 0. The van der Waals surface area contributed by atoms with Crippen LogP contribution in [0, 0.1) is 76.7 Å². The zero-order chi connectivity index (χ0) is 24.2. The van der Waals surface area contributed by atoms with Crippen molar-refractivity contribution in [2.24, 2.45) is 0 Å². The van der Waals surface area contributed by atoms with E-state index < -0.39 is 103 Å². The van der Waals surface area contributed by atoms with Gasteiger partial charge in [0.25, 0.3) is 0 Å². The van der Waals surface area contributed by atoms with Crippen LogP contribution in [-0.2, 0) is 0 Å². The van der Waals surface area contributed by atoms with Gasteiger partial charge >= 0.3 is 14.1 Å². The molecule has 0 amide bonds. The van der Waals surface area contributed by atoms with Crippen LogP contribution in [0.2, 0.25) is 0 Å². The lowest BCUT2D eigenvalue weighted by atomic mass is 10.2. The van der Waals surface area contributed by atoms with Gasteiger partial charge in [-0.3, -0.25) is 0 Å². The van der Waals surface area contributed by atoms with Crippen LogP contribution in [0.15, 0.2) is 12.1 Å². The fraction of sp³-hybridized carbons (Fsp3) is 0.0526. The fourth-order valence-corrected chi connectivity index (χ4v) is 6.43. The zero-order valence-corrected chi connectivity index (χ0v) is 16.4. The van der Waals surface area contributed by atoms with Crippen LogP contribution in [0.4, 0.5) is 52.7 Å². The monoisotopic (exact) mass is 488 g/mol. The Balaban J connectivity index is 2.64. The molecule has 0 heterocycles. The Hall–Kier alpha value is -2.65. The highest BCUT2D eigenvalue weighted by molar-refractivity contribution is 6.95. The van der Waals surface area contributed by atoms with Crippen LogP contribution >= 0.6 is 0 Å².